The summed E-state index contributed by atoms with van der Waals surface area (Å²) in [5, 5.41) is 17.9. The Bertz CT molecular complexity index is 692. The topological polar surface area (TPSA) is 104 Å². The summed E-state index contributed by atoms with van der Waals surface area (Å²) < 4.78 is 5.44. The lowest BCUT2D eigenvalue weighted by atomic mass is 10.1. The summed E-state index contributed by atoms with van der Waals surface area (Å²) in [5.41, 5.74) is 1.96. The molecule has 0 atom stereocenters. The summed E-state index contributed by atoms with van der Waals surface area (Å²) >= 11 is 0. The molecule has 0 radical (unpaired) electrons. The lowest BCUT2D eigenvalue weighted by Gasteiger charge is -2.23. The Hall–Kier alpha value is -2.83. The zero-order valence-corrected chi connectivity index (χ0v) is 12.2. The zero-order valence-electron chi connectivity index (χ0n) is 12.2. The number of aryl methyl sites for hydroxylation is 2. The minimum absolute atomic E-state index is 0.402. The lowest BCUT2D eigenvalue weighted by Crippen LogP contribution is -2.34. The predicted molar refractivity (Wildman–Crippen MR) is 78.9 cm³/mol. The van der Waals surface area contributed by atoms with Crippen LogP contribution in [0.3, 0.4) is 0 Å². The molecule has 2 aromatic rings. The lowest BCUT2D eigenvalue weighted by molar-refractivity contribution is -0.136. The standard InChI is InChI=1S/C15H16N2O5/c1-9-3-4-11(15-16-6-10(2)22-15)5-12(9)17(7-13(18)19)8-14(20)21/h3-6H,7-8H2,1-2H3,(H,18,19)(H,20,21). The maximum atomic E-state index is 11.0. The van der Waals surface area contributed by atoms with E-state index in [0.717, 1.165) is 5.56 Å². The summed E-state index contributed by atoms with van der Waals surface area (Å²) in [6, 6.07) is 5.26. The van der Waals surface area contributed by atoms with Crippen LogP contribution in [0.2, 0.25) is 0 Å². The van der Waals surface area contributed by atoms with Gasteiger partial charge in [0.15, 0.2) is 0 Å². The van der Waals surface area contributed by atoms with Crippen molar-refractivity contribution in [2.75, 3.05) is 18.0 Å². The third kappa shape index (κ3) is 3.63. The maximum Gasteiger partial charge on any atom is 0.323 e. The van der Waals surface area contributed by atoms with Gasteiger partial charge in [0.1, 0.15) is 18.8 Å². The van der Waals surface area contributed by atoms with Crippen molar-refractivity contribution in [3.63, 3.8) is 0 Å². The number of carboxylic acid groups (broad SMARTS) is 2. The first-order valence-electron chi connectivity index (χ1n) is 6.59. The third-order valence-corrected chi connectivity index (χ3v) is 3.07. The second-order valence-corrected chi connectivity index (χ2v) is 4.92. The van der Waals surface area contributed by atoms with E-state index < -0.39 is 25.0 Å². The molecule has 0 aliphatic carbocycles. The molecule has 0 amide bonds. The van der Waals surface area contributed by atoms with E-state index in [1.54, 1.807) is 38.2 Å². The van der Waals surface area contributed by atoms with Crippen molar-refractivity contribution in [1.82, 2.24) is 4.98 Å². The van der Waals surface area contributed by atoms with Crippen LogP contribution in [0.1, 0.15) is 11.3 Å². The molecule has 0 unspecified atom stereocenters. The first-order chi connectivity index (χ1) is 10.4. The molecule has 1 heterocycles. The SMILES string of the molecule is Cc1cnc(-c2ccc(C)c(N(CC(=O)O)CC(=O)O)c2)o1. The first kappa shape index (κ1) is 15.6. The predicted octanol–water partition coefficient (Wildman–Crippen LogP) is 1.93. The van der Waals surface area contributed by atoms with Crippen LogP contribution in [0, 0.1) is 13.8 Å². The van der Waals surface area contributed by atoms with E-state index in [0.29, 0.717) is 22.9 Å². The molecular weight excluding hydrogens is 288 g/mol. The van der Waals surface area contributed by atoms with Gasteiger partial charge >= 0.3 is 11.9 Å². The van der Waals surface area contributed by atoms with Crippen LogP contribution in [-0.4, -0.2) is 40.2 Å². The fourth-order valence-electron chi connectivity index (χ4n) is 2.12. The molecule has 2 N–H and O–H groups in total. The van der Waals surface area contributed by atoms with E-state index in [1.807, 2.05) is 0 Å². The highest BCUT2D eigenvalue weighted by Gasteiger charge is 2.17. The Labute approximate surface area is 126 Å². The Balaban J connectivity index is 2.42. The number of oxazole rings is 1. The Morgan fingerprint density at radius 1 is 1.18 bits per heavy atom. The van der Waals surface area contributed by atoms with Crippen molar-refractivity contribution in [3.05, 3.63) is 35.7 Å². The first-order valence-corrected chi connectivity index (χ1v) is 6.59. The number of carboxylic acids is 2. The van der Waals surface area contributed by atoms with Crippen LogP contribution in [-0.2, 0) is 9.59 Å². The highest BCUT2D eigenvalue weighted by Crippen LogP contribution is 2.27. The van der Waals surface area contributed by atoms with Gasteiger partial charge in [-0.15, -0.1) is 0 Å². The number of aliphatic carboxylic acids is 2. The van der Waals surface area contributed by atoms with Crippen LogP contribution >= 0.6 is 0 Å². The number of hydrogen-bond donors (Lipinski definition) is 2. The number of benzene rings is 1. The van der Waals surface area contributed by atoms with Gasteiger partial charge in [-0.3, -0.25) is 9.59 Å². The fourth-order valence-corrected chi connectivity index (χ4v) is 2.12. The molecule has 0 aliphatic rings. The van der Waals surface area contributed by atoms with Crippen LogP contribution in [0.25, 0.3) is 11.5 Å². The number of rotatable bonds is 6. The number of hydrogen-bond acceptors (Lipinski definition) is 5. The second-order valence-electron chi connectivity index (χ2n) is 4.92. The molecule has 1 aromatic heterocycles. The summed E-state index contributed by atoms with van der Waals surface area (Å²) in [5.74, 6) is -1.13. The molecular formula is C15H16N2O5. The summed E-state index contributed by atoms with van der Waals surface area (Å²) in [7, 11) is 0. The van der Waals surface area contributed by atoms with Gasteiger partial charge in [0.25, 0.3) is 0 Å². The van der Waals surface area contributed by atoms with Gasteiger partial charge < -0.3 is 19.5 Å². The zero-order chi connectivity index (χ0) is 16.3. The van der Waals surface area contributed by atoms with Gasteiger partial charge in [-0.25, -0.2) is 4.98 Å². The van der Waals surface area contributed by atoms with Gasteiger partial charge in [0.05, 0.1) is 6.20 Å². The fraction of sp³-hybridized carbons (Fsp3) is 0.267. The molecule has 0 saturated carbocycles. The van der Waals surface area contributed by atoms with E-state index in [-0.39, 0.29) is 0 Å². The Kier molecular flexibility index (Phi) is 4.45. The minimum atomic E-state index is -1.10. The smallest absolute Gasteiger partial charge is 0.323 e. The maximum absolute atomic E-state index is 11.0. The van der Waals surface area contributed by atoms with E-state index in [9.17, 15) is 9.59 Å². The summed E-state index contributed by atoms with van der Waals surface area (Å²) in [6.45, 7) is 2.76. The molecule has 0 fully saturated rings. The third-order valence-electron chi connectivity index (χ3n) is 3.07. The average Bonchev–Trinajstić information content (AvgIpc) is 2.84. The van der Waals surface area contributed by atoms with Gasteiger partial charge in [-0.1, -0.05) is 6.07 Å². The molecule has 116 valence electrons. The molecule has 0 spiro atoms. The van der Waals surface area contributed by atoms with Crippen LogP contribution in [0.15, 0.2) is 28.8 Å². The van der Waals surface area contributed by atoms with E-state index in [4.69, 9.17) is 14.6 Å². The van der Waals surface area contributed by atoms with Crippen LogP contribution < -0.4 is 4.90 Å². The molecule has 0 aliphatic heterocycles. The number of carbonyl (C=O) groups is 2. The highest BCUT2D eigenvalue weighted by molar-refractivity contribution is 5.81. The van der Waals surface area contributed by atoms with Crippen molar-refractivity contribution in [2.24, 2.45) is 0 Å². The molecule has 22 heavy (non-hydrogen) atoms. The van der Waals surface area contributed by atoms with E-state index in [1.165, 1.54) is 4.90 Å². The second kappa shape index (κ2) is 6.30. The van der Waals surface area contributed by atoms with Crippen LogP contribution in [0.5, 0.6) is 0 Å². The summed E-state index contributed by atoms with van der Waals surface area (Å²) in [6.07, 6.45) is 1.58. The van der Waals surface area contributed by atoms with Gasteiger partial charge in [0.2, 0.25) is 5.89 Å². The Morgan fingerprint density at radius 3 is 2.32 bits per heavy atom. The van der Waals surface area contributed by atoms with Crippen molar-refractivity contribution in [2.45, 2.75) is 13.8 Å². The number of nitrogens with zero attached hydrogens (tertiary/aromatic N) is 2. The minimum Gasteiger partial charge on any atom is -0.480 e. The largest absolute Gasteiger partial charge is 0.480 e. The molecule has 1 aromatic carbocycles. The van der Waals surface area contributed by atoms with Gasteiger partial charge in [-0.2, -0.15) is 0 Å². The summed E-state index contributed by atoms with van der Waals surface area (Å²) in [4.78, 5) is 27.3. The molecule has 7 nitrogen and oxygen atoms in total. The molecule has 7 heteroatoms. The van der Waals surface area contributed by atoms with Gasteiger partial charge in [-0.05, 0) is 31.5 Å². The number of anilines is 1. The van der Waals surface area contributed by atoms with Crippen molar-refractivity contribution in [1.29, 1.82) is 0 Å². The monoisotopic (exact) mass is 304 g/mol. The molecule has 0 bridgehead atoms. The Morgan fingerprint density at radius 2 is 1.82 bits per heavy atom. The van der Waals surface area contributed by atoms with Crippen molar-refractivity contribution in [3.8, 4) is 11.5 Å². The van der Waals surface area contributed by atoms with Crippen LogP contribution in [0.4, 0.5) is 5.69 Å². The van der Waals surface area contributed by atoms with E-state index in [2.05, 4.69) is 4.98 Å². The van der Waals surface area contributed by atoms with Crippen molar-refractivity contribution >= 4 is 17.6 Å². The van der Waals surface area contributed by atoms with Crippen molar-refractivity contribution < 1.29 is 24.2 Å². The van der Waals surface area contributed by atoms with E-state index >= 15 is 0 Å². The van der Waals surface area contributed by atoms with Gasteiger partial charge in [0, 0.05) is 11.3 Å². The molecule has 2 rings (SSSR count). The molecule has 0 saturated heterocycles. The average molecular weight is 304 g/mol. The number of aromatic nitrogens is 1. The highest BCUT2D eigenvalue weighted by atomic mass is 16.4. The normalized spacial score (nSPS) is 10.5. The quantitative estimate of drug-likeness (QED) is 0.840.